The van der Waals surface area contributed by atoms with Gasteiger partial charge in [-0.25, -0.2) is 0 Å². The second-order valence-corrected chi connectivity index (χ2v) is 5.85. The highest BCUT2D eigenvalue weighted by Gasteiger charge is 2.11. The average molecular weight is 342 g/mol. The standard InChI is InChI=1S/C18H16ClN3O2/c1-12-5-2-3-8-15(12)18-21-17(24-22-18)11-20-16(23)10-13-6-4-7-14(19)9-13/h2-9H,10-11H2,1H3,(H,20,23). The highest BCUT2D eigenvalue weighted by molar-refractivity contribution is 6.30. The molecule has 24 heavy (non-hydrogen) atoms. The van der Waals surface area contributed by atoms with E-state index in [1.165, 1.54) is 0 Å². The molecule has 0 saturated heterocycles. The molecule has 0 unspecified atom stereocenters. The van der Waals surface area contributed by atoms with Crippen molar-refractivity contribution in [3.05, 3.63) is 70.6 Å². The van der Waals surface area contributed by atoms with E-state index < -0.39 is 0 Å². The molecule has 1 N–H and O–H groups in total. The van der Waals surface area contributed by atoms with E-state index in [2.05, 4.69) is 15.5 Å². The third-order valence-electron chi connectivity index (χ3n) is 3.54. The maximum Gasteiger partial charge on any atom is 0.246 e. The number of aromatic nitrogens is 2. The number of carbonyl (C=O) groups excluding carboxylic acids is 1. The van der Waals surface area contributed by atoms with Crippen LogP contribution in [0.2, 0.25) is 5.02 Å². The SMILES string of the molecule is Cc1ccccc1-c1noc(CNC(=O)Cc2cccc(Cl)c2)n1. The maximum absolute atomic E-state index is 12.0. The predicted octanol–water partition coefficient (Wildman–Crippen LogP) is 3.56. The molecule has 0 radical (unpaired) electrons. The zero-order chi connectivity index (χ0) is 16.9. The molecule has 3 aromatic rings. The van der Waals surface area contributed by atoms with Crippen molar-refractivity contribution in [2.45, 2.75) is 19.9 Å². The number of hydrogen-bond donors (Lipinski definition) is 1. The molecule has 5 nitrogen and oxygen atoms in total. The molecule has 122 valence electrons. The van der Waals surface area contributed by atoms with Gasteiger partial charge in [-0.2, -0.15) is 4.98 Å². The molecule has 0 atom stereocenters. The Hall–Kier alpha value is -2.66. The minimum atomic E-state index is -0.132. The Balaban J connectivity index is 1.59. The van der Waals surface area contributed by atoms with Crippen LogP contribution in [0, 0.1) is 6.92 Å². The van der Waals surface area contributed by atoms with Crippen LogP contribution in [-0.4, -0.2) is 16.0 Å². The number of nitrogens with one attached hydrogen (secondary N) is 1. The zero-order valence-corrected chi connectivity index (χ0v) is 13.9. The van der Waals surface area contributed by atoms with E-state index in [0.29, 0.717) is 16.7 Å². The summed E-state index contributed by atoms with van der Waals surface area (Å²) in [6, 6.07) is 15.0. The Morgan fingerprint density at radius 3 is 2.83 bits per heavy atom. The third kappa shape index (κ3) is 4.00. The lowest BCUT2D eigenvalue weighted by atomic mass is 10.1. The monoisotopic (exact) mass is 341 g/mol. The van der Waals surface area contributed by atoms with Crippen molar-refractivity contribution in [3.63, 3.8) is 0 Å². The molecule has 0 saturated carbocycles. The van der Waals surface area contributed by atoms with E-state index in [-0.39, 0.29) is 18.9 Å². The first-order valence-electron chi connectivity index (χ1n) is 7.51. The van der Waals surface area contributed by atoms with Gasteiger partial charge in [0.1, 0.15) is 0 Å². The number of benzene rings is 2. The van der Waals surface area contributed by atoms with E-state index in [4.69, 9.17) is 16.1 Å². The van der Waals surface area contributed by atoms with Crippen molar-refractivity contribution in [2.24, 2.45) is 0 Å². The molecule has 1 amide bonds. The number of nitrogens with zero attached hydrogens (tertiary/aromatic N) is 2. The number of hydrogen-bond acceptors (Lipinski definition) is 4. The quantitative estimate of drug-likeness (QED) is 0.770. The van der Waals surface area contributed by atoms with Crippen molar-refractivity contribution in [2.75, 3.05) is 0 Å². The van der Waals surface area contributed by atoms with Crippen LogP contribution in [0.3, 0.4) is 0 Å². The summed E-state index contributed by atoms with van der Waals surface area (Å²) in [4.78, 5) is 16.3. The molecular formula is C18H16ClN3O2. The van der Waals surface area contributed by atoms with Crippen LogP contribution < -0.4 is 5.32 Å². The molecule has 0 fully saturated rings. The summed E-state index contributed by atoms with van der Waals surface area (Å²) in [5, 5.41) is 7.35. The molecule has 3 rings (SSSR count). The summed E-state index contributed by atoms with van der Waals surface area (Å²) >= 11 is 5.91. The van der Waals surface area contributed by atoms with Crippen molar-refractivity contribution in [3.8, 4) is 11.4 Å². The number of amides is 1. The fourth-order valence-electron chi connectivity index (χ4n) is 2.33. The second kappa shape index (κ2) is 7.27. The van der Waals surface area contributed by atoms with Crippen LogP contribution in [0.25, 0.3) is 11.4 Å². The molecule has 2 aromatic carbocycles. The lowest BCUT2D eigenvalue weighted by molar-refractivity contribution is -0.120. The van der Waals surface area contributed by atoms with Gasteiger partial charge in [-0.1, -0.05) is 53.2 Å². The Morgan fingerprint density at radius 2 is 2.04 bits per heavy atom. The number of rotatable bonds is 5. The maximum atomic E-state index is 12.0. The minimum absolute atomic E-state index is 0.132. The molecule has 0 bridgehead atoms. The number of carbonyl (C=O) groups is 1. The zero-order valence-electron chi connectivity index (χ0n) is 13.1. The number of aryl methyl sites for hydroxylation is 1. The lowest BCUT2D eigenvalue weighted by Gasteiger charge is -2.03. The summed E-state index contributed by atoms with van der Waals surface area (Å²) < 4.78 is 5.20. The van der Waals surface area contributed by atoms with Gasteiger partial charge in [-0.3, -0.25) is 4.79 Å². The third-order valence-corrected chi connectivity index (χ3v) is 3.78. The Labute approximate surface area is 144 Å². The van der Waals surface area contributed by atoms with Crippen LogP contribution in [0.4, 0.5) is 0 Å². The van der Waals surface area contributed by atoms with Gasteiger partial charge in [0.05, 0.1) is 13.0 Å². The highest BCUT2D eigenvalue weighted by Crippen LogP contribution is 2.19. The fourth-order valence-corrected chi connectivity index (χ4v) is 2.54. The van der Waals surface area contributed by atoms with Crippen molar-refractivity contribution in [1.29, 1.82) is 0 Å². The summed E-state index contributed by atoms with van der Waals surface area (Å²) in [6.07, 6.45) is 0.249. The van der Waals surface area contributed by atoms with E-state index in [1.807, 2.05) is 43.3 Å². The fraction of sp³-hybridized carbons (Fsp3) is 0.167. The average Bonchev–Trinajstić information content (AvgIpc) is 3.02. The van der Waals surface area contributed by atoms with Crippen molar-refractivity contribution >= 4 is 17.5 Å². The second-order valence-electron chi connectivity index (χ2n) is 5.41. The molecule has 0 aliphatic carbocycles. The predicted molar refractivity (Wildman–Crippen MR) is 91.5 cm³/mol. The van der Waals surface area contributed by atoms with Crippen LogP contribution in [0.5, 0.6) is 0 Å². The van der Waals surface area contributed by atoms with Crippen LogP contribution in [-0.2, 0) is 17.8 Å². The van der Waals surface area contributed by atoms with Gasteiger partial charge in [0.2, 0.25) is 17.6 Å². The Kier molecular flexibility index (Phi) is 4.91. The van der Waals surface area contributed by atoms with Gasteiger partial charge >= 0.3 is 0 Å². The van der Waals surface area contributed by atoms with Crippen LogP contribution >= 0.6 is 11.6 Å². The highest BCUT2D eigenvalue weighted by atomic mass is 35.5. The summed E-state index contributed by atoms with van der Waals surface area (Å²) in [6.45, 7) is 2.18. The van der Waals surface area contributed by atoms with Crippen LogP contribution in [0.1, 0.15) is 17.0 Å². The lowest BCUT2D eigenvalue weighted by Crippen LogP contribution is -2.24. The number of halogens is 1. The van der Waals surface area contributed by atoms with Crippen molar-refractivity contribution < 1.29 is 9.32 Å². The van der Waals surface area contributed by atoms with Gasteiger partial charge in [0.15, 0.2) is 0 Å². The normalized spacial score (nSPS) is 10.6. The summed E-state index contributed by atoms with van der Waals surface area (Å²) in [7, 11) is 0. The molecule has 1 aromatic heterocycles. The first-order valence-corrected chi connectivity index (χ1v) is 7.89. The van der Waals surface area contributed by atoms with Gasteiger partial charge in [0.25, 0.3) is 0 Å². The largest absolute Gasteiger partial charge is 0.347 e. The van der Waals surface area contributed by atoms with E-state index >= 15 is 0 Å². The summed E-state index contributed by atoms with van der Waals surface area (Å²) in [5.41, 5.74) is 2.83. The van der Waals surface area contributed by atoms with Crippen molar-refractivity contribution in [1.82, 2.24) is 15.5 Å². The van der Waals surface area contributed by atoms with E-state index in [1.54, 1.807) is 12.1 Å². The molecule has 0 aliphatic rings. The molecule has 0 spiro atoms. The Morgan fingerprint density at radius 1 is 1.21 bits per heavy atom. The topological polar surface area (TPSA) is 68.0 Å². The molecule has 0 aliphatic heterocycles. The van der Waals surface area contributed by atoms with Gasteiger partial charge < -0.3 is 9.84 Å². The summed E-state index contributed by atoms with van der Waals surface area (Å²) in [5.74, 6) is 0.757. The van der Waals surface area contributed by atoms with Crippen LogP contribution in [0.15, 0.2) is 53.1 Å². The Bertz CT molecular complexity index is 861. The minimum Gasteiger partial charge on any atom is -0.347 e. The van der Waals surface area contributed by atoms with Gasteiger partial charge in [-0.05, 0) is 30.2 Å². The molecular weight excluding hydrogens is 326 g/mol. The first kappa shape index (κ1) is 16.2. The van der Waals surface area contributed by atoms with Gasteiger partial charge in [-0.15, -0.1) is 0 Å². The molecule has 6 heteroatoms. The van der Waals surface area contributed by atoms with E-state index in [0.717, 1.165) is 16.7 Å². The van der Waals surface area contributed by atoms with E-state index in [9.17, 15) is 4.79 Å². The van der Waals surface area contributed by atoms with Gasteiger partial charge in [0, 0.05) is 10.6 Å². The molecule has 1 heterocycles. The first-order chi connectivity index (χ1) is 11.6. The smallest absolute Gasteiger partial charge is 0.246 e.